The molecule has 0 amide bonds. The van der Waals surface area contributed by atoms with Crippen LogP contribution in [0.2, 0.25) is 0 Å². The monoisotopic (exact) mass is 991 g/mol. The Labute approximate surface area is 438 Å². The molecule has 0 N–H and O–H groups in total. The van der Waals surface area contributed by atoms with E-state index in [0.29, 0.717) is 0 Å². The lowest BCUT2D eigenvalue weighted by Gasteiger charge is -2.45. The Balaban J connectivity index is 1.01. The van der Waals surface area contributed by atoms with Crippen molar-refractivity contribution in [1.29, 1.82) is 0 Å². The van der Waals surface area contributed by atoms with Crippen LogP contribution in [0, 0.1) is 0 Å². The first kappa shape index (κ1) is 43.4. The number of fused-ring (bicyclic) bond motifs is 11. The lowest BCUT2D eigenvalue weighted by atomic mass is 9.79. The minimum atomic E-state index is -3.08. The SMILES string of the molecule is C1=CC2c3ccccc3-n3ccnc3C2C=C1[Si](c1ccccc1)(c1ccccc1)c1cccc(-n2c3cc4c(cc3c3cccnc32)[Si](c2ccccc2)(c2ccccc2)c2ccccc2N4c2ccccc2)c1. The molecule has 354 valence electrons. The first-order chi connectivity index (χ1) is 37.2. The van der Waals surface area contributed by atoms with E-state index in [0.717, 1.165) is 33.7 Å². The number of benzene rings is 9. The number of hydrogen-bond acceptors (Lipinski definition) is 3. The van der Waals surface area contributed by atoms with Gasteiger partial charge in [-0.1, -0.05) is 206 Å². The Morgan fingerprint density at radius 3 is 1.77 bits per heavy atom. The van der Waals surface area contributed by atoms with E-state index < -0.39 is 16.1 Å². The van der Waals surface area contributed by atoms with Gasteiger partial charge in [0.2, 0.25) is 0 Å². The highest BCUT2D eigenvalue weighted by Crippen LogP contribution is 2.47. The summed E-state index contributed by atoms with van der Waals surface area (Å²) in [4.78, 5) is 12.9. The van der Waals surface area contributed by atoms with Crippen molar-refractivity contribution in [3.63, 3.8) is 0 Å². The van der Waals surface area contributed by atoms with E-state index >= 15 is 0 Å². The maximum absolute atomic E-state index is 5.31. The van der Waals surface area contributed by atoms with Gasteiger partial charge >= 0.3 is 0 Å². The molecule has 5 nitrogen and oxygen atoms in total. The molecule has 5 heterocycles. The van der Waals surface area contributed by atoms with Gasteiger partial charge in [-0.25, -0.2) is 9.97 Å². The smallest absolute Gasteiger partial charge is 0.184 e. The van der Waals surface area contributed by atoms with Gasteiger partial charge in [0.25, 0.3) is 0 Å². The zero-order valence-corrected chi connectivity index (χ0v) is 43.0. The highest BCUT2D eigenvalue weighted by molar-refractivity contribution is 7.21. The van der Waals surface area contributed by atoms with Crippen LogP contribution in [-0.2, 0) is 0 Å². The van der Waals surface area contributed by atoms with E-state index in [1.165, 1.54) is 69.5 Å². The van der Waals surface area contributed by atoms with Crippen LogP contribution in [0.5, 0.6) is 0 Å². The molecule has 15 rings (SSSR count). The topological polar surface area (TPSA) is 38.9 Å². The van der Waals surface area contributed by atoms with Crippen LogP contribution in [-0.4, -0.2) is 35.2 Å². The van der Waals surface area contributed by atoms with E-state index in [2.05, 4.69) is 287 Å². The Kier molecular flexibility index (Phi) is 9.98. The van der Waals surface area contributed by atoms with Gasteiger partial charge in [-0.2, -0.15) is 0 Å². The fourth-order valence-corrected chi connectivity index (χ4v) is 23.4. The standard InChI is InChI=1S/C68H49N5Si2/c1-6-22-48(23-7-1)72-62-37-18-19-38-65(62)75(52-29-12-4-13-30-52,53-31-14-5-15-32-53)66-46-59-58-35-21-41-69-68(58)73(63(59)47-64(66)72)49-24-20-33-54(44-49)74(50-25-8-2-9-26-50,51-27-10-3-11-28-51)55-39-40-56-57-34-16-17-36-61(57)71-43-42-70-67(71)60(56)45-55/h1-47,56,60H. The zero-order chi connectivity index (χ0) is 49.5. The third-order valence-electron chi connectivity index (χ3n) is 16.4. The van der Waals surface area contributed by atoms with Crippen molar-refractivity contribution in [2.75, 3.05) is 4.90 Å². The van der Waals surface area contributed by atoms with Crippen molar-refractivity contribution < 1.29 is 0 Å². The molecular weight excluding hydrogens is 943 g/mol. The number of para-hydroxylation sites is 3. The summed E-state index contributed by atoms with van der Waals surface area (Å²) in [5, 5.41) is 13.1. The maximum atomic E-state index is 5.31. The summed E-state index contributed by atoms with van der Waals surface area (Å²) >= 11 is 0. The van der Waals surface area contributed by atoms with Crippen LogP contribution in [0.4, 0.5) is 17.1 Å². The molecule has 2 atom stereocenters. The summed E-state index contributed by atoms with van der Waals surface area (Å²) in [5.74, 6) is 1.31. The average molecular weight is 992 g/mol. The second-order valence-corrected chi connectivity index (χ2v) is 27.6. The average Bonchev–Trinajstić information content (AvgIpc) is 4.13. The van der Waals surface area contributed by atoms with Gasteiger partial charge < -0.3 is 9.47 Å². The number of anilines is 3. The van der Waals surface area contributed by atoms with E-state index in [1.54, 1.807) is 0 Å². The Morgan fingerprint density at radius 2 is 1.05 bits per heavy atom. The Bertz CT molecular complexity index is 4130. The molecule has 0 fully saturated rings. The van der Waals surface area contributed by atoms with Crippen LogP contribution in [0.15, 0.2) is 291 Å². The van der Waals surface area contributed by atoms with Crippen molar-refractivity contribution in [1.82, 2.24) is 19.1 Å². The second kappa shape index (κ2) is 17.2. The number of pyridine rings is 1. The summed E-state index contributed by atoms with van der Waals surface area (Å²) in [7, 11) is -6.07. The molecule has 0 radical (unpaired) electrons. The van der Waals surface area contributed by atoms with Gasteiger partial charge in [0.15, 0.2) is 16.1 Å². The fourth-order valence-electron chi connectivity index (χ4n) is 13.4. The van der Waals surface area contributed by atoms with Gasteiger partial charge in [0.05, 0.1) is 11.2 Å². The molecule has 0 saturated carbocycles. The molecule has 12 aromatic rings. The Morgan fingerprint density at radius 1 is 0.440 bits per heavy atom. The molecule has 0 spiro atoms. The van der Waals surface area contributed by atoms with Crippen molar-refractivity contribution in [3.05, 3.63) is 302 Å². The first-order valence-electron chi connectivity index (χ1n) is 26.0. The number of aromatic nitrogens is 4. The molecule has 75 heavy (non-hydrogen) atoms. The third-order valence-corrected chi connectivity index (χ3v) is 26.0. The van der Waals surface area contributed by atoms with Gasteiger partial charge in [0, 0.05) is 63.9 Å². The predicted molar refractivity (Wildman–Crippen MR) is 314 cm³/mol. The second-order valence-electron chi connectivity index (χ2n) is 20.0. The first-order valence-corrected chi connectivity index (χ1v) is 30.0. The molecule has 7 heteroatoms. The zero-order valence-electron chi connectivity index (χ0n) is 41.0. The van der Waals surface area contributed by atoms with Crippen molar-refractivity contribution in [2.24, 2.45) is 0 Å². The predicted octanol–water partition coefficient (Wildman–Crippen LogP) is 10.9. The molecule has 1 aliphatic carbocycles. The van der Waals surface area contributed by atoms with E-state index in [4.69, 9.17) is 9.97 Å². The molecule has 3 aliphatic rings. The van der Waals surface area contributed by atoms with Crippen LogP contribution < -0.4 is 41.2 Å². The van der Waals surface area contributed by atoms with E-state index in [9.17, 15) is 0 Å². The molecule has 2 unspecified atom stereocenters. The largest absolute Gasteiger partial charge is 0.311 e. The highest BCUT2D eigenvalue weighted by atomic mass is 28.3. The van der Waals surface area contributed by atoms with E-state index in [1.807, 2.05) is 12.4 Å². The van der Waals surface area contributed by atoms with Crippen LogP contribution in [0.1, 0.15) is 23.2 Å². The molecule has 0 bridgehead atoms. The minimum Gasteiger partial charge on any atom is -0.311 e. The Hall–Kier alpha value is -9.15. The minimum absolute atomic E-state index is 0.0604. The third kappa shape index (κ3) is 6.35. The molecule has 0 saturated heterocycles. The normalized spacial score (nSPS) is 16.1. The van der Waals surface area contributed by atoms with Gasteiger partial charge in [-0.05, 0) is 108 Å². The van der Waals surface area contributed by atoms with Gasteiger partial charge in [-0.15, -0.1) is 0 Å². The highest BCUT2D eigenvalue weighted by Gasteiger charge is 2.50. The summed E-state index contributed by atoms with van der Waals surface area (Å²) in [6.45, 7) is 0. The molecule has 2 aliphatic heterocycles. The molecule has 9 aromatic carbocycles. The lowest BCUT2D eigenvalue weighted by Crippen LogP contribution is -2.77. The van der Waals surface area contributed by atoms with E-state index in [-0.39, 0.29) is 11.8 Å². The summed E-state index contributed by atoms with van der Waals surface area (Å²) < 4.78 is 4.74. The van der Waals surface area contributed by atoms with Crippen LogP contribution in [0.25, 0.3) is 33.3 Å². The quantitative estimate of drug-likeness (QED) is 0.112. The molecule has 3 aromatic heterocycles. The summed E-state index contributed by atoms with van der Waals surface area (Å²) in [6, 6.07) is 93.0. The van der Waals surface area contributed by atoms with Crippen molar-refractivity contribution >= 4 is 91.5 Å². The number of hydrogen-bond donors (Lipinski definition) is 0. The number of imidazole rings is 1. The summed E-state index contributed by atoms with van der Waals surface area (Å²) in [5.41, 5.74) is 9.18. The van der Waals surface area contributed by atoms with Gasteiger partial charge in [-0.3, -0.25) is 4.57 Å². The molecular formula is C68H49N5Si2. The van der Waals surface area contributed by atoms with Crippen molar-refractivity contribution in [3.8, 4) is 11.4 Å². The lowest BCUT2D eigenvalue weighted by molar-refractivity contribution is 0.633. The number of rotatable bonds is 8. The maximum Gasteiger partial charge on any atom is 0.184 e. The van der Waals surface area contributed by atoms with Crippen molar-refractivity contribution in [2.45, 2.75) is 11.8 Å². The number of allylic oxidation sites excluding steroid dienone is 4. The number of nitrogens with zero attached hydrogens (tertiary/aromatic N) is 5. The fraction of sp³-hybridized carbons (Fsp3) is 0.0294. The van der Waals surface area contributed by atoms with Gasteiger partial charge in [0.1, 0.15) is 11.5 Å². The van der Waals surface area contributed by atoms with Crippen LogP contribution in [0.3, 0.4) is 0 Å². The van der Waals surface area contributed by atoms with Crippen LogP contribution >= 0.6 is 0 Å². The summed E-state index contributed by atoms with van der Waals surface area (Å²) in [6.07, 6.45) is 13.6.